The standard InChI is InChI=1S/C24H32N4O/c1-16-5-4-12-24(2,3)20(16)10-13-28-14-11-21-19(15-28)23(29)27-22(26-21)17-6-8-18(25)9-7-17/h6-9H,4-5,10-15,25H2,1-3H3,(H,26,27,29). The number of nitrogens with zero attached hydrogens (tertiary/aromatic N) is 2. The maximum absolute atomic E-state index is 12.8. The van der Waals surface area contributed by atoms with Gasteiger partial charge < -0.3 is 10.7 Å². The molecule has 0 bridgehead atoms. The number of nitrogens with two attached hydrogens (primary N) is 1. The molecule has 154 valence electrons. The van der Waals surface area contributed by atoms with Crippen LogP contribution in [0.1, 0.15) is 57.7 Å². The lowest BCUT2D eigenvalue weighted by molar-refractivity contribution is 0.242. The van der Waals surface area contributed by atoms with Crippen LogP contribution in [0, 0.1) is 5.41 Å². The zero-order valence-corrected chi connectivity index (χ0v) is 17.8. The Hall–Kier alpha value is -2.40. The van der Waals surface area contributed by atoms with E-state index in [1.54, 1.807) is 11.1 Å². The highest BCUT2D eigenvalue weighted by molar-refractivity contribution is 5.58. The Balaban J connectivity index is 1.49. The van der Waals surface area contributed by atoms with Crippen molar-refractivity contribution in [1.29, 1.82) is 0 Å². The lowest BCUT2D eigenvalue weighted by Crippen LogP contribution is -2.37. The normalized spacial score (nSPS) is 19.3. The van der Waals surface area contributed by atoms with Crippen molar-refractivity contribution in [2.45, 2.75) is 59.4 Å². The summed E-state index contributed by atoms with van der Waals surface area (Å²) < 4.78 is 0. The summed E-state index contributed by atoms with van der Waals surface area (Å²) in [5.74, 6) is 0.631. The van der Waals surface area contributed by atoms with Gasteiger partial charge in [-0.3, -0.25) is 9.69 Å². The second kappa shape index (κ2) is 7.79. The minimum Gasteiger partial charge on any atom is -0.399 e. The number of aromatic nitrogens is 2. The van der Waals surface area contributed by atoms with Crippen LogP contribution in [-0.2, 0) is 13.0 Å². The minimum absolute atomic E-state index is 0.0140. The molecule has 2 aliphatic rings. The molecule has 0 saturated heterocycles. The molecule has 2 aromatic rings. The molecule has 1 aromatic heterocycles. The Morgan fingerprint density at radius 1 is 1.21 bits per heavy atom. The van der Waals surface area contributed by atoms with Crippen molar-refractivity contribution >= 4 is 5.69 Å². The first-order valence-electron chi connectivity index (χ1n) is 10.7. The maximum atomic E-state index is 12.8. The smallest absolute Gasteiger partial charge is 0.255 e. The maximum Gasteiger partial charge on any atom is 0.255 e. The second-order valence-corrected chi connectivity index (χ2v) is 9.23. The highest BCUT2D eigenvalue weighted by Crippen LogP contribution is 2.41. The molecule has 0 amide bonds. The fourth-order valence-electron chi connectivity index (χ4n) is 4.95. The van der Waals surface area contributed by atoms with Crippen LogP contribution < -0.4 is 11.3 Å². The van der Waals surface area contributed by atoms with Gasteiger partial charge in [0, 0.05) is 37.3 Å². The van der Waals surface area contributed by atoms with Gasteiger partial charge in [-0.2, -0.15) is 0 Å². The Morgan fingerprint density at radius 3 is 2.69 bits per heavy atom. The number of nitrogen functional groups attached to an aromatic ring is 1. The number of hydrogen-bond acceptors (Lipinski definition) is 4. The van der Waals surface area contributed by atoms with E-state index in [4.69, 9.17) is 10.7 Å². The predicted molar refractivity (Wildman–Crippen MR) is 119 cm³/mol. The molecule has 1 aliphatic heterocycles. The van der Waals surface area contributed by atoms with Crippen molar-refractivity contribution in [2.24, 2.45) is 5.41 Å². The van der Waals surface area contributed by atoms with Gasteiger partial charge in [0.25, 0.3) is 5.56 Å². The number of hydrogen-bond donors (Lipinski definition) is 2. The molecule has 5 heteroatoms. The van der Waals surface area contributed by atoms with Crippen molar-refractivity contribution in [3.8, 4) is 11.4 Å². The molecule has 4 rings (SSSR count). The van der Waals surface area contributed by atoms with E-state index in [9.17, 15) is 4.79 Å². The van der Waals surface area contributed by atoms with Crippen LogP contribution in [0.15, 0.2) is 40.2 Å². The predicted octanol–water partition coefficient (Wildman–Crippen LogP) is 4.29. The fraction of sp³-hybridized carbons (Fsp3) is 0.500. The number of rotatable bonds is 4. The van der Waals surface area contributed by atoms with Gasteiger partial charge >= 0.3 is 0 Å². The van der Waals surface area contributed by atoms with Crippen LogP contribution in [0.4, 0.5) is 5.69 Å². The third kappa shape index (κ3) is 4.15. The van der Waals surface area contributed by atoms with E-state index in [2.05, 4.69) is 30.7 Å². The highest BCUT2D eigenvalue weighted by atomic mass is 16.1. The van der Waals surface area contributed by atoms with Gasteiger partial charge in [-0.05, 0) is 62.3 Å². The molecule has 3 N–H and O–H groups in total. The average Bonchev–Trinajstić information content (AvgIpc) is 2.68. The van der Waals surface area contributed by atoms with Crippen LogP contribution in [0.25, 0.3) is 11.4 Å². The lowest BCUT2D eigenvalue weighted by Gasteiger charge is -2.36. The number of nitrogens with one attached hydrogen (secondary N) is 1. The van der Waals surface area contributed by atoms with Gasteiger partial charge in [-0.1, -0.05) is 25.0 Å². The van der Waals surface area contributed by atoms with E-state index in [1.165, 1.54) is 19.3 Å². The Labute approximate surface area is 173 Å². The lowest BCUT2D eigenvalue weighted by atomic mass is 9.71. The quantitative estimate of drug-likeness (QED) is 0.601. The van der Waals surface area contributed by atoms with E-state index in [0.29, 0.717) is 23.5 Å². The number of fused-ring (bicyclic) bond motifs is 1. The first kappa shape index (κ1) is 19.9. The molecular formula is C24H32N4O. The molecule has 0 atom stereocenters. The molecule has 0 unspecified atom stereocenters. The van der Waals surface area contributed by atoms with Crippen LogP contribution >= 0.6 is 0 Å². The molecule has 5 nitrogen and oxygen atoms in total. The summed E-state index contributed by atoms with van der Waals surface area (Å²) in [6.45, 7) is 9.71. The fourth-order valence-corrected chi connectivity index (χ4v) is 4.95. The molecule has 0 fully saturated rings. The molecule has 1 aliphatic carbocycles. The summed E-state index contributed by atoms with van der Waals surface area (Å²) in [5.41, 5.74) is 12.6. The van der Waals surface area contributed by atoms with Crippen molar-refractivity contribution in [1.82, 2.24) is 14.9 Å². The van der Waals surface area contributed by atoms with Crippen molar-refractivity contribution < 1.29 is 0 Å². The molecular weight excluding hydrogens is 360 g/mol. The third-order valence-corrected chi connectivity index (χ3v) is 6.70. The van der Waals surface area contributed by atoms with E-state index in [0.717, 1.165) is 42.8 Å². The third-order valence-electron chi connectivity index (χ3n) is 6.70. The average molecular weight is 393 g/mol. The van der Waals surface area contributed by atoms with Crippen LogP contribution in [0.5, 0.6) is 0 Å². The zero-order valence-electron chi connectivity index (χ0n) is 17.8. The molecule has 2 heterocycles. The second-order valence-electron chi connectivity index (χ2n) is 9.23. The Morgan fingerprint density at radius 2 is 1.97 bits per heavy atom. The summed E-state index contributed by atoms with van der Waals surface area (Å²) in [4.78, 5) is 22.9. The van der Waals surface area contributed by atoms with Gasteiger partial charge in [0.05, 0.1) is 11.3 Å². The SMILES string of the molecule is CC1=C(CCN2CCc3nc(-c4ccc(N)cc4)[nH]c(=O)c3C2)C(C)(C)CCC1. The van der Waals surface area contributed by atoms with E-state index < -0.39 is 0 Å². The topological polar surface area (TPSA) is 75.0 Å². The van der Waals surface area contributed by atoms with E-state index >= 15 is 0 Å². The molecule has 0 radical (unpaired) electrons. The van der Waals surface area contributed by atoms with Gasteiger partial charge in [-0.25, -0.2) is 4.98 Å². The first-order valence-corrected chi connectivity index (χ1v) is 10.7. The van der Waals surface area contributed by atoms with Crippen LogP contribution in [-0.4, -0.2) is 28.0 Å². The van der Waals surface area contributed by atoms with E-state index in [-0.39, 0.29) is 5.56 Å². The van der Waals surface area contributed by atoms with Crippen LogP contribution in [0.3, 0.4) is 0 Å². The van der Waals surface area contributed by atoms with Crippen molar-refractivity contribution in [2.75, 3.05) is 18.8 Å². The van der Waals surface area contributed by atoms with Gasteiger partial charge in [0.15, 0.2) is 0 Å². The Kier molecular flexibility index (Phi) is 5.34. The molecule has 0 saturated carbocycles. The zero-order chi connectivity index (χ0) is 20.6. The van der Waals surface area contributed by atoms with Crippen molar-refractivity contribution in [3.05, 3.63) is 57.0 Å². The summed E-state index contributed by atoms with van der Waals surface area (Å²) in [6.07, 6.45) is 5.74. The molecule has 0 spiro atoms. The van der Waals surface area contributed by atoms with Crippen LogP contribution in [0.2, 0.25) is 0 Å². The summed E-state index contributed by atoms with van der Waals surface area (Å²) in [6, 6.07) is 7.47. The minimum atomic E-state index is -0.0140. The first-order chi connectivity index (χ1) is 13.8. The number of allylic oxidation sites excluding steroid dienone is 1. The number of aromatic amines is 1. The number of anilines is 1. The van der Waals surface area contributed by atoms with Crippen molar-refractivity contribution in [3.63, 3.8) is 0 Å². The van der Waals surface area contributed by atoms with Gasteiger partial charge in [0.1, 0.15) is 5.82 Å². The molecule has 29 heavy (non-hydrogen) atoms. The Bertz CT molecular complexity index is 985. The van der Waals surface area contributed by atoms with Gasteiger partial charge in [-0.15, -0.1) is 0 Å². The molecule has 1 aromatic carbocycles. The van der Waals surface area contributed by atoms with E-state index in [1.807, 2.05) is 24.3 Å². The van der Waals surface area contributed by atoms with Gasteiger partial charge in [0.2, 0.25) is 0 Å². The highest BCUT2D eigenvalue weighted by Gasteiger charge is 2.29. The monoisotopic (exact) mass is 392 g/mol. The summed E-state index contributed by atoms with van der Waals surface area (Å²) in [7, 11) is 0. The largest absolute Gasteiger partial charge is 0.399 e. The summed E-state index contributed by atoms with van der Waals surface area (Å²) >= 11 is 0. The number of benzene rings is 1. The summed E-state index contributed by atoms with van der Waals surface area (Å²) in [5, 5.41) is 0. The number of H-pyrrole nitrogens is 1.